The van der Waals surface area contributed by atoms with Crippen molar-refractivity contribution in [2.75, 3.05) is 12.4 Å². The molecule has 2 aliphatic rings. The maximum Gasteiger partial charge on any atom is 0.340 e. The van der Waals surface area contributed by atoms with Crippen molar-refractivity contribution < 1.29 is 18.7 Å². The zero-order valence-electron chi connectivity index (χ0n) is 11.7. The molecule has 21 heavy (non-hydrogen) atoms. The van der Waals surface area contributed by atoms with Gasteiger partial charge in [0.15, 0.2) is 0 Å². The van der Waals surface area contributed by atoms with Gasteiger partial charge in [-0.3, -0.25) is 4.79 Å². The highest BCUT2D eigenvalue weighted by atomic mass is 19.1. The zero-order chi connectivity index (χ0) is 15.0. The SMILES string of the molecule is COC(=O)c1cc(NC(=O)C2CC3CCC2N3)ccc1F. The second kappa shape index (κ2) is 5.44. The predicted octanol–water partition coefficient (Wildman–Crippen LogP) is 1.69. The van der Waals surface area contributed by atoms with Gasteiger partial charge in [0.1, 0.15) is 5.82 Å². The molecule has 1 aromatic rings. The lowest BCUT2D eigenvalue weighted by Crippen LogP contribution is -2.32. The molecule has 0 aromatic heterocycles. The molecule has 2 bridgehead atoms. The summed E-state index contributed by atoms with van der Waals surface area (Å²) in [5.74, 6) is -1.57. The minimum absolute atomic E-state index is 0.0598. The van der Waals surface area contributed by atoms with E-state index in [2.05, 4.69) is 15.4 Å². The number of hydrogen-bond acceptors (Lipinski definition) is 4. The maximum atomic E-state index is 13.5. The van der Waals surface area contributed by atoms with Gasteiger partial charge in [-0.1, -0.05) is 0 Å². The van der Waals surface area contributed by atoms with Gasteiger partial charge in [0.2, 0.25) is 5.91 Å². The average molecular weight is 292 g/mol. The first-order chi connectivity index (χ1) is 10.1. The molecule has 6 heteroatoms. The molecule has 2 N–H and O–H groups in total. The Morgan fingerprint density at radius 1 is 1.38 bits per heavy atom. The summed E-state index contributed by atoms with van der Waals surface area (Å²) < 4.78 is 18.1. The van der Waals surface area contributed by atoms with E-state index in [1.54, 1.807) is 0 Å². The normalized spacial score (nSPS) is 26.7. The Morgan fingerprint density at radius 2 is 2.19 bits per heavy atom. The standard InChI is InChI=1S/C15H17FN2O3/c1-21-15(20)10-6-9(2-4-12(10)16)18-14(19)11-7-8-3-5-13(11)17-8/h2,4,6,8,11,13,17H,3,5,7H2,1H3,(H,18,19). The highest BCUT2D eigenvalue weighted by Crippen LogP contribution is 2.34. The molecule has 2 heterocycles. The van der Waals surface area contributed by atoms with Crippen molar-refractivity contribution in [3.8, 4) is 0 Å². The van der Waals surface area contributed by atoms with Crippen LogP contribution in [0.2, 0.25) is 0 Å². The van der Waals surface area contributed by atoms with Crippen LogP contribution in [-0.2, 0) is 9.53 Å². The average Bonchev–Trinajstić information content (AvgIpc) is 3.11. The summed E-state index contributed by atoms with van der Waals surface area (Å²) in [4.78, 5) is 23.7. The van der Waals surface area contributed by atoms with Crippen LogP contribution >= 0.6 is 0 Å². The molecule has 1 aromatic carbocycles. The van der Waals surface area contributed by atoms with Crippen LogP contribution in [0.3, 0.4) is 0 Å². The van der Waals surface area contributed by atoms with E-state index < -0.39 is 11.8 Å². The number of hydrogen-bond donors (Lipinski definition) is 2. The van der Waals surface area contributed by atoms with Crippen molar-refractivity contribution in [1.82, 2.24) is 5.32 Å². The van der Waals surface area contributed by atoms with E-state index >= 15 is 0 Å². The van der Waals surface area contributed by atoms with E-state index in [9.17, 15) is 14.0 Å². The fourth-order valence-corrected chi connectivity index (χ4v) is 3.22. The van der Waals surface area contributed by atoms with Crippen molar-refractivity contribution >= 4 is 17.6 Å². The molecule has 3 rings (SSSR count). The molecule has 0 saturated carbocycles. The minimum atomic E-state index is -0.759. The number of fused-ring (bicyclic) bond motifs is 2. The van der Waals surface area contributed by atoms with Crippen LogP contribution in [0, 0.1) is 11.7 Å². The van der Waals surface area contributed by atoms with E-state index in [0.29, 0.717) is 11.7 Å². The van der Waals surface area contributed by atoms with Gasteiger partial charge >= 0.3 is 5.97 Å². The second-order valence-electron chi connectivity index (χ2n) is 5.57. The molecule has 3 unspecified atom stereocenters. The Bertz CT molecular complexity index is 590. The van der Waals surface area contributed by atoms with Crippen molar-refractivity contribution in [1.29, 1.82) is 0 Å². The fourth-order valence-electron chi connectivity index (χ4n) is 3.22. The van der Waals surface area contributed by atoms with Crippen LogP contribution in [0.4, 0.5) is 10.1 Å². The summed E-state index contributed by atoms with van der Waals surface area (Å²) in [5, 5.41) is 6.16. The van der Waals surface area contributed by atoms with E-state index in [1.165, 1.54) is 19.2 Å². The topological polar surface area (TPSA) is 67.4 Å². The summed E-state index contributed by atoms with van der Waals surface area (Å²) in [5.41, 5.74) is 0.228. The van der Waals surface area contributed by atoms with Crippen molar-refractivity contribution in [2.45, 2.75) is 31.3 Å². The van der Waals surface area contributed by atoms with Crippen molar-refractivity contribution in [3.05, 3.63) is 29.6 Å². The smallest absolute Gasteiger partial charge is 0.340 e. The first-order valence-electron chi connectivity index (χ1n) is 7.03. The number of carbonyl (C=O) groups is 2. The molecule has 2 fully saturated rings. The quantitative estimate of drug-likeness (QED) is 0.832. The second-order valence-corrected chi connectivity index (χ2v) is 5.57. The summed E-state index contributed by atoms with van der Waals surface area (Å²) in [7, 11) is 1.19. The third kappa shape index (κ3) is 2.63. The minimum Gasteiger partial charge on any atom is -0.465 e. The summed E-state index contributed by atoms with van der Waals surface area (Å²) in [6, 6.07) is 4.57. The Morgan fingerprint density at radius 3 is 2.81 bits per heavy atom. The lowest BCUT2D eigenvalue weighted by Gasteiger charge is -2.19. The molecular weight excluding hydrogens is 275 g/mol. The van der Waals surface area contributed by atoms with Gasteiger partial charge in [-0.15, -0.1) is 0 Å². The zero-order valence-corrected chi connectivity index (χ0v) is 11.7. The number of amides is 1. The molecule has 1 amide bonds. The number of nitrogens with one attached hydrogen (secondary N) is 2. The molecule has 2 saturated heterocycles. The third-order valence-corrected chi connectivity index (χ3v) is 4.28. The Balaban J connectivity index is 1.73. The van der Waals surface area contributed by atoms with Gasteiger partial charge in [0, 0.05) is 17.8 Å². The molecule has 0 aliphatic carbocycles. The van der Waals surface area contributed by atoms with Crippen LogP contribution < -0.4 is 10.6 Å². The molecule has 0 radical (unpaired) electrons. The fraction of sp³-hybridized carbons (Fsp3) is 0.467. The van der Waals surface area contributed by atoms with E-state index in [-0.39, 0.29) is 23.4 Å². The molecular formula is C15H17FN2O3. The van der Waals surface area contributed by atoms with Gasteiger partial charge in [0.05, 0.1) is 18.6 Å². The highest BCUT2D eigenvalue weighted by molar-refractivity contribution is 5.96. The van der Waals surface area contributed by atoms with E-state index in [1.807, 2.05) is 0 Å². The number of esters is 1. The van der Waals surface area contributed by atoms with Gasteiger partial charge in [-0.25, -0.2) is 9.18 Å². The van der Waals surface area contributed by atoms with E-state index in [4.69, 9.17) is 0 Å². The van der Waals surface area contributed by atoms with Crippen LogP contribution in [0.25, 0.3) is 0 Å². The number of rotatable bonds is 3. The molecule has 5 nitrogen and oxygen atoms in total. The van der Waals surface area contributed by atoms with Crippen LogP contribution in [0.15, 0.2) is 18.2 Å². The summed E-state index contributed by atoms with van der Waals surface area (Å²) >= 11 is 0. The van der Waals surface area contributed by atoms with Crippen molar-refractivity contribution in [3.63, 3.8) is 0 Å². The summed E-state index contributed by atoms with van der Waals surface area (Å²) in [6.07, 6.45) is 2.97. The molecule has 0 spiro atoms. The Hall–Kier alpha value is -1.95. The Kier molecular flexibility index (Phi) is 3.63. The van der Waals surface area contributed by atoms with Crippen LogP contribution in [-0.4, -0.2) is 31.1 Å². The number of carbonyl (C=O) groups excluding carboxylic acids is 2. The van der Waals surface area contributed by atoms with E-state index in [0.717, 1.165) is 25.3 Å². The number of ether oxygens (including phenoxy) is 1. The Labute approximate surface area is 121 Å². The molecule has 2 aliphatic heterocycles. The van der Waals surface area contributed by atoms with Crippen molar-refractivity contribution in [2.24, 2.45) is 5.92 Å². The van der Waals surface area contributed by atoms with Gasteiger partial charge in [0.25, 0.3) is 0 Å². The van der Waals surface area contributed by atoms with Crippen LogP contribution in [0.5, 0.6) is 0 Å². The van der Waals surface area contributed by atoms with Crippen LogP contribution in [0.1, 0.15) is 29.6 Å². The summed E-state index contributed by atoms with van der Waals surface area (Å²) in [6.45, 7) is 0. The number of methoxy groups -OCH3 is 1. The first-order valence-corrected chi connectivity index (χ1v) is 7.03. The monoisotopic (exact) mass is 292 g/mol. The number of halogens is 1. The van der Waals surface area contributed by atoms with Gasteiger partial charge < -0.3 is 15.4 Å². The number of anilines is 1. The maximum absolute atomic E-state index is 13.5. The molecule has 3 atom stereocenters. The third-order valence-electron chi connectivity index (χ3n) is 4.28. The largest absolute Gasteiger partial charge is 0.465 e. The number of benzene rings is 1. The predicted molar refractivity (Wildman–Crippen MR) is 74.4 cm³/mol. The molecule has 112 valence electrons. The lowest BCUT2D eigenvalue weighted by molar-refractivity contribution is -0.120. The first kappa shape index (κ1) is 14.0. The van der Waals surface area contributed by atoms with Gasteiger partial charge in [-0.2, -0.15) is 0 Å². The highest BCUT2D eigenvalue weighted by Gasteiger charge is 2.42. The van der Waals surface area contributed by atoms with Gasteiger partial charge in [-0.05, 0) is 37.5 Å². The lowest BCUT2D eigenvalue weighted by atomic mass is 9.88.